The van der Waals surface area contributed by atoms with Crippen molar-refractivity contribution in [3.05, 3.63) is 231 Å². The molecule has 0 fully saturated rings. The fourth-order valence-electron chi connectivity index (χ4n) is 9.27. The molecule has 0 atom stereocenters. The Morgan fingerprint density at radius 3 is 1.57 bits per heavy atom. The molecule has 2 heterocycles. The van der Waals surface area contributed by atoms with Crippen LogP contribution in [0.4, 0.5) is 17.1 Å². The number of hydrogen-bond acceptors (Lipinski definition) is 2. The van der Waals surface area contributed by atoms with Crippen LogP contribution in [0.15, 0.2) is 235 Å². The van der Waals surface area contributed by atoms with Crippen LogP contribution in [0.1, 0.15) is 0 Å². The Bertz CT molecular complexity index is 3130. The molecule has 4 heteroatoms. The molecule has 11 rings (SSSR count). The van der Waals surface area contributed by atoms with E-state index in [1.807, 2.05) is 6.07 Å². The molecule has 3 nitrogen and oxygen atoms in total. The third-order valence-corrected chi connectivity index (χ3v) is 16.5. The first-order valence-corrected chi connectivity index (χ1v) is 21.9. The Labute approximate surface area is 338 Å². The highest BCUT2D eigenvalue weighted by atomic mass is 28.3. The number of para-hydroxylation sites is 3. The minimum absolute atomic E-state index is 0.876. The highest BCUT2D eigenvalue weighted by Gasteiger charge is 2.41. The monoisotopic (exact) mass is 758 g/mol. The lowest BCUT2D eigenvalue weighted by Gasteiger charge is -2.35. The number of aromatic nitrogens is 1. The first-order chi connectivity index (χ1) is 28.8. The van der Waals surface area contributed by atoms with Gasteiger partial charge in [0.25, 0.3) is 0 Å². The molecule has 2 aromatic heterocycles. The minimum Gasteiger partial charge on any atom is -0.456 e. The zero-order valence-electron chi connectivity index (χ0n) is 31.7. The second-order valence-electron chi connectivity index (χ2n) is 14.9. The molecule has 274 valence electrons. The van der Waals surface area contributed by atoms with E-state index in [0.717, 1.165) is 50.2 Å². The molecule has 0 bridgehead atoms. The van der Waals surface area contributed by atoms with Gasteiger partial charge in [-0.15, -0.1) is 0 Å². The van der Waals surface area contributed by atoms with Gasteiger partial charge in [0, 0.05) is 38.6 Å². The van der Waals surface area contributed by atoms with Gasteiger partial charge in [-0.3, -0.25) is 0 Å². The van der Waals surface area contributed by atoms with Crippen molar-refractivity contribution in [1.82, 2.24) is 4.57 Å². The van der Waals surface area contributed by atoms with Crippen molar-refractivity contribution in [2.24, 2.45) is 0 Å². The van der Waals surface area contributed by atoms with Crippen molar-refractivity contribution in [1.29, 1.82) is 0 Å². The van der Waals surface area contributed by atoms with E-state index in [1.165, 1.54) is 37.0 Å². The van der Waals surface area contributed by atoms with Crippen molar-refractivity contribution >= 4 is 89.6 Å². The van der Waals surface area contributed by atoms with E-state index in [2.05, 4.69) is 234 Å². The molecule has 0 aliphatic rings. The van der Waals surface area contributed by atoms with E-state index < -0.39 is 8.07 Å². The van der Waals surface area contributed by atoms with Gasteiger partial charge in [-0.2, -0.15) is 0 Å². The maximum absolute atomic E-state index is 6.37. The van der Waals surface area contributed by atoms with Crippen LogP contribution in [0.25, 0.3) is 49.4 Å². The first-order valence-electron chi connectivity index (χ1n) is 19.9. The maximum atomic E-state index is 6.37. The Morgan fingerprint density at radius 1 is 0.362 bits per heavy atom. The summed E-state index contributed by atoms with van der Waals surface area (Å²) in [6.07, 6.45) is 0. The molecule has 0 radical (unpaired) electrons. The Kier molecular flexibility index (Phi) is 8.16. The fraction of sp³-hybridized carbons (Fsp3) is 0. The molecular weight excluding hydrogens is 721 g/mol. The molecule has 0 saturated heterocycles. The highest BCUT2D eigenvalue weighted by Crippen LogP contribution is 2.45. The Balaban J connectivity index is 1.23. The molecule has 0 N–H and O–H groups in total. The van der Waals surface area contributed by atoms with E-state index in [1.54, 1.807) is 0 Å². The molecular formula is C54H38N2OSi. The van der Waals surface area contributed by atoms with Gasteiger partial charge in [-0.05, 0) is 87.5 Å². The lowest BCUT2D eigenvalue weighted by atomic mass is 10.1. The lowest BCUT2D eigenvalue weighted by Crippen LogP contribution is -2.74. The summed E-state index contributed by atoms with van der Waals surface area (Å²) in [6.45, 7) is 0. The van der Waals surface area contributed by atoms with Gasteiger partial charge in [0.15, 0.2) is 8.07 Å². The third kappa shape index (κ3) is 5.34. The van der Waals surface area contributed by atoms with Gasteiger partial charge in [0.2, 0.25) is 0 Å². The van der Waals surface area contributed by atoms with Crippen molar-refractivity contribution in [3.63, 3.8) is 0 Å². The molecule has 0 unspecified atom stereocenters. The van der Waals surface area contributed by atoms with E-state index in [0.29, 0.717) is 0 Å². The normalized spacial score (nSPS) is 11.8. The van der Waals surface area contributed by atoms with Crippen LogP contribution in [-0.2, 0) is 0 Å². The van der Waals surface area contributed by atoms with Gasteiger partial charge in [-0.25, -0.2) is 0 Å². The predicted octanol–water partition coefficient (Wildman–Crippen LogP) is 11.5. The van der Waals surface area contributed by atoms with Crippen molar-refractivity contribution in [2.75, 3.05) is 4.90 Å². The number of hydrogen-bond donors (Lipinski definition) is 0. The maximum Gasteiger partial charge on any atom is 0.179 e. The largest absolute Gasteiger partial charge is 0.456 e. The topological polar surface area (TPSA) is 21.3 Å². The minimum atomic E-state index is -2.83. The molecule has 11 aromatic rings. The number of anilines is 3. The van der Waals surface area contributed by atoms with Crippen molar-refractivity contribution in [2.45, 2.75) is 0 Å². The molecule has 9 aromatic carbocycles. The molecule has 58 heavy (non-hydrogen) atoms. The van der Waals surface area contributed by atoms with Crippen LogP contribution in [0, 0.1) is 0 Å². The summed E-state index contributed by atoms with van der Waals surface area (Å²) in [7, 11) is -2.83. The van der Waals surface area contributed by atoms with Crippen LogP contribution in [-0.4, -0.2) is 12.6 Å². The number of rotatable bonds is 8. The van der Waals surface area contributed by atoms with E-state index >= 15 is 0 Å². The van der Waals surface area contributed by atoms with Crippen molar-refractivity contribution in [3.8, 4) is 5.69 Å². The second kappa shape index (κ2) is 14.0. The molecule has 0 aliphatic carbocycles. The van der Waals surface area contributed by atoms with E-state index in [-0.39, 0.29) is 0 Å². The Morgan fingerprint density at radius 2 is 0.879 bits per heavy atom. The summed E-state index contributed by atoms with van der Waals surface area (Å²) < 4.78 is 8.77. The summed E-state index contributed by atoms with van der Waals surface area (Å²) in [5.74, 6) is 0. The highest BCUT2D eigenvalue weighted by molar-refractivity contribution is 7.19. The van der Waals surface area contributed by atoms with Crippen LogP contribution in [0.3, 0.4) is 0 Å². The van der Waals surface area contributed by atoms with E-state index in [4.69, 9.17) is 4.42 Å². The average Bonchev–Trinajstić information content (AvgIpc) is 3.84. The standard InChI is InChI=1S/C54H38N2OSi/c1-5-19-39(20-6-1)56-49-31-15-13-30-47(49)54-50(32-18-33-51(54)56)55(41-35-36-53-48(38-41)46-29-14-16-34-52(46)57-53)40-21-17-28-45(37-40)58(42-22-7-2-8-23-42,43-24-9-3-10-25-43)44-26-11-4-12-27-44/h1-38H. The number of fused-ring (bicyclic) bond motifs is 6. The second-order valence-corrected chi connectivity index (χ2v) is 18.7. The smallest absolute Gasteiger partial charge is 0.179 e. The van der Waals surface area contributed by atoms with Crippen LogP contribution in [0.2, 0.25) is 0 Å². The van der Waals surface area contributed by atoms with Gasteiger partial charge < -0.3 is 13.9 Å². The SMILES string of the molecule is c1ccc(-n2c3ccccc3c3c(N(c4cccc([Si](c5ccccc5)(c5ccccc5)c5ccccc5)c4)c4ccc5oc6ccccc6c5c4)cccc32)cc1. The third-order valence-electron chi connectivity index (χ3n) is 11.7. The van der Waals surface area contributed by atoms with Gasteiger partial charge in [-0.1, -0.05) is 164 Å². The van der Waals surface area contributed by atoms with Crippen LogP contribution in [0.5, 0.6) is 0 Å². The van der Waals surface area contributed by atoms with Crippen LogP contribution < -0.4 is 25.6 Å². The lowest BCUT2D eigenvalue weighted by molar-refractivity contribution is 0.669. The van der Waals surface area contributed by atoms with E-state index in [9.17, 15) is 0 Å². The first kappa shape index (κ1) is 33.9. The van der Waals surface area contributed by atoms with Crippen LogP contribution >= 0.6 is 0 Å². The number of nitrogens with zero attached hydrogens (tertiary/aromatic N) is 2. The molecule has 0 saturated carbocycles. The summed E-state index contributed by atoms with van der Waals surface area (Å²) in [6, 6.07) is 84.0. The predicted molar refractivity (Wildman–Crippen MR) is 246 cm³/mol. The fourth-order valence-corrected chi connectivity index (χ4v) is 14.1. The quantitative estimate of drug-likeness (QED) is 0.114. The zero-order chi connectivity index (χ0) is 38.5. The van der Waals surface area contributed by atoms with Gasteiger partial charge in [0.1, 0.15) is 11.2 Å². The number of benzene rings is 9. The molecule has 0 spiro atoms. The summed E-state index contributed by atoms with van der Waals surface area (Å²) >= 11 is 0. The molecule has 0 aliphatic heterocycles. The van der Waals surface area contributed by atoms with Gasteiger partial charge in [0.05, 0.1) is 16.7 Å². The number of furan rings is 1. The summed E-state index contributed by atoms with van der Waals surface area (Å²) in [5, 5.41) is 9.94. The van der Waals surface area contributed by atoms with Gasteiger partial charge >= 0.3 is 0 Å². The summed E-state index contributed by atoms with van der Waals surface area (Å²) in [5.41, 5.74) is 8.49. The zero-order valence-corrected chi connectivity index (χ0v) is 32.7. The van der Waals surface area contributed by atoms with Crippen molar-refractivity contribution < 1.29 is 4.42 Å². The Hall–Kier alpha value is -7.40. The summed E-state index contributed by atoms with van der Waals surface area (Å²) in [4.78, 5) is 2.47. The molecule has 0 amide bonds. The average molecular weight is 759 g/mol.